The molecule has 0 aliphatic heterocycles. The third-order valence-corrected chi connectivity index (χ3v) is 3.20. The van der Waals surface area contributed by atoms with Gasteiger partial charge in [-0.3, -0.25) is 0 Å². The largest absolute Gasteiger partial charge is 0.373 e. The molecule has 1 aromatic carbocycles. The van der Waals surface area contributed by atoms with Gasteiger partial charge in [0.25, 0.3) is 0 Å². The van der Waals surface area contributed by atoms with Gasteiger partial charge in [-0.25, -0.2) is 4.98 Å². The number of rotatable bonds is 3. The Morgan fingerprint density at radius 3 is 2.59 bits per heavy atom. The summed E-state index contributed by atoms with van der Waals surface area (Å²) in [5.41, 5.74) is 3.72. The molecule has 2 rings (SSSR count). The molecule has 0 aliphatic carbocycles. The second-order valence-corrected chi connectivity index (χ2v) is 4.71. The molecule has 2 aromatic rings. The van der Waals surface area contributed by atoms with E-state index in [1.54, 1.807) is 0 Å². The summed E-state index contributed by atoms with van der Waals surface area (Å²) in [4.78, 5) is 4.65. The van der Waals surface area contributed by atoms with Crippen LogP contribution in [0, 0.1) is 0 Å². The SMILES string of the molecule is CCc1cc2cc(C(C)C)ccc2nc1NC. The van der Waals surface area contributed by atoms with E-state index in [4.69, 9.17) is 0 Å². The van der Waals surface area contributed by atoms with E-state index < -0.39 is 0 Å². The van der Waals surface area contributed by atoms with Crippen molar-refractivity contribution in [2.75, 3.05) is 12.4 Å². The molecular formula is C15H20N2. The van der Waals surface area contributed by atoms with Gasteiger partial charge < -0.3 is 5.32 Å². The number of nitrogens with one attached hydrogen (secondary N) is 1. The van der Waals surface area contributed by atoms with E-state index in [-0.39, 0.29) is 0 Å². The van der Waals surface area contributed by atoms with Gasteiger partial charge in [-0.05, 0) is 41.7 Å². The van der Waals surface area contributed by atoms with Crippen molar-refractivity contribution in [3.05, 3.63) is 35.4 Å². The van der Waals surface area contributed by atoms with Crippen LogP contribution in [0.25, 0.3) is 10.9 Å². The molecule has 0 atom stereocenters. The van der Waals surface area contributed by atoms with Gasteiger partial charge in [-0.1, -0.05) is 26.8 Å². The molecule has 1 N–H and O–H groups in total. The Labute approximate surface area is 103 Å². The lowest BCUT2D eigenvalue weighted by Gasteiger charge is -2.11. The van der Waals surface area contributed by atoms with Crippen LogP contribution in [0.1, 0.15) is 37.8 Å². The molecule has 2 heteroatoms. The summed E-state index contributed by atoms with van der Waals surface area (Å²) >= 11 is 0. The highest BCUT2D eigenvalue weighted by molar-refractivity contribution is 5.82. The molecule has 0 saturated heterocycles. The van der Waals surface area contributed by atoms with Crippen LogP contribution in [0.3, 0.4) is 0 Å². The fourth-order valence-corrected chi connectivity index (χ4v) is 2.08. The fraction of sp³-hybridized carbons (Fsp3) is 0.400. The van der Waals surface area contributed by atoms with Gasteiger partial charge in [0.1, 0.15) is 5.82 Å². The van der Waals surface area contributed by atoms with Crippen molar-refractivity contribution in [1.82, 2.24) is 4.98 Å². The molecule has 90 valence electrons. The van der Waals surface area contributed by atoms with Gasteiger partial charge >= 0.3 is 0 Å². The van der Waals surface area contributed by atoms with E-state index in [1.165, 1.54) is 16.5 Å². The first-order valence-corrected chi connectivity index (χ1v) is 6.27. The van der Waals surface area contributed by atoms with Crippen molar-refractivity contribution in [3.63, 3.8) is 0 Å². The minimum Gasteiger partial charge on any atom is -0.373 e. The Balaban J connectivity index is 2.62. The molecular weight excluding hydrogens is 208 g/mol. The van der Waals surface area contributed by atoms with Crippen molar-refractivity contribution >= 4 is 16.7 Å². The minimum absolute atomic E-state index is 0.563. The second-order valence-electron chi connectivity index (χ2n) is 4.71. The summed E-state index contributed by atoms with van der Waals surface area (Å²) in [7, 11) is 1.93. The van der Waals surface area contributed by atoms with Crippen LogP contribution >= 0.6 is 0 Å². The van der Waals surface area contributed by atoms with Crippen LogP contribution in [0.2, 0.25) is 0 Å². The summed E-state index contributed by atoms with van der Waals surface area (Å²) in [6.07, 6.45) is 1.00. The quantitative estimate of drug-likeness (QED) is 0.860. The van der Waals surface area contributed by atoms with Crippen molar-refractivity contribution in [2.24, 2.45) is 0 Å². The van der Waals surface area contributed by atoms with E-state index in [9.17, 15) is 0 Å². The van der Waals surface area contributed by atoms with Crippen molar-refractivity contribution < 1.29 is 0 Å². The predicted octanol–water partition coefficient (Wildman–Crippen LogP) is 3.96. The Kier molecular flexibility index (Phi) is 3.32. The maximum atomic E-state index is 4.65. The highest BCUT2D eigenvalue weighted by atomic mass is 15.0. The summed E-state index contributed by atoms with van der Waals surface area (Å²) in [6, 6.07) is 8.79. The lowest BCUT2D eigenvalue weighted by atomic mass is 10.00. The number of nitrogens with zero attached hydrogens (tertiary/aromatic N) is 1. The molecule has 0 amide bonds. The van der Waals surface area contributed by atoms with Crippen LogP contribution < -0.4 is 5.32 Å². The van der Waals surface area contributed by atoms with Crippen LogP contribution in [0.4, 0.5) is 5.82 Å². The van der Waals surface area contributed by atoms with Crippen LogP contribution in [-0.4, -0.2) is 12.0 Å². The van der Waals surface area contributed by atoms with Crippen LogP contribution in [0.15, 0.2) is 24.3 Å². The number of anilines is 1. The molecule has 2 nitrogen and oxygen atoms in total. The smallest absolute Gasteiger partial charge is 0.129 e. The number of aromatic nitrogens is 1. The summed E-state index contributed by atoms with van der Waals surface area (Å²) in [5, 5.41) is 4.41. The lowest BCUT2D eigenvalue weighted by Crippen LogP contribution is -1.99. The fourth-order valence-electron chi connectivity index (χ4n) is 2.08. The molecule has 0 aliphatic rings. The zero-order valence-corrected chi connectivity index (χ0v) is 11.0. The molecule has 0 bridgehead atoms. The number of benzene rings is 1. The van der Waals surface area contributed by atoms with Gasteiger partial charge in [0, 0.05) is 12.4 Å². The normalized spacial score (nSPS) is 11.1. The van der Waals surface area contributed by atoms with Crippen molar-refractivity contribution in [1.29, 1.82) is 0 Å². The number of aryl methyl sites for hydroxylation is 1. The maximum absolute atomic E-state index is 4.65. The van der Waals surface area contributed by atoms with Gasteiger partial charge in [0.05, 0.1) is 5.52 Å². The van der Waals surface area contributed by atoms with Gasteiger partial charge in [0.2, 0.25) is 0 Å². The Hall–Kier alpha value is -1.57. The number of hydrogen-bond acceptors (Lipinski definition) is 2. The molecule has 17 heavy (non-hydrogen) atoms. The van der Waals surface area contributed by atoms with E-state index in [1.807, 2.05) is 7.05 Å². The zero-order chi connectivity index (χ0) is 12.4. The second kappa shape index (κ2) is 4.74. The first-order chi connectivity index (χ1) is 8.15. The highest BCUT2D eigenvalue weighted by Crippen LogP contribution is 2.24. The van der Waals surface area contributed by atoms with Crippen LogP contribution in [-0.2, 0) is 6.42 Å². The summed E-state index contributed by atoms with van der Waals surface area (Å²) in [5.74, 6) is 1.56. The molecule has 1 heterocycles. The summed E-state index contributed by atoms with van der Waals surface area (Å²) < 4.78 is 0. The average Bonchev–Trinajstić information content (AvgIpc) is 2.36. The van der Waals surface area contributed by atoms with Gasteiger partial charge in [-0.2, -0.15) is 0 Å². The van der Waals surface area contributed by atoms with Crippen LogP contribution in [0.5, 0.6) is 0 Å². The van der Waals surface area contributed by atoms with E-state index in [0.717, 1.165) is 17.8 Å². The van der Waals surface area contributed by atoms with Gasteiger partial charge in [0.15, 0.2) is 0 Å². The number of pyridine rings is 1. The molecule has 0 saturated carbocycles. The summed E-state index contributed by atoms with van der Waals surface area (Å²) in [6.45, 7) is 6.60. The highest BCUT2D eigenvalue weighted by Gasteiger charge is 2.06. The molecule has 0 unspecified atom stereocenters. The number of fused-ring (bicyclic) bond motifs is 1. The van der Waals surface area contributed by atoms with E-state index in [0.29, 0.717) is 5.92 Å². The Morgan fingerprint density at radius 1 is 1.24 bits per heavy atom. The molecule has 0 spiro atoms. The third kappa shape index (κ3) is 2.26. The van der Waals surface area contributed by atoms with E-state index in [2.05, 4.69) is 55.3 Å². The average molecular weight is 228 g/mol. The Morgan fingerprint density at radius 2 is 2.00 bits per heavy atom. The van der Waals surface area contributed by atoms with Crippen molar-refractivity contribution in [3.8, 4) is 0 Å². The first kappa shape index (κ1) is 11.9. The lowest BCUT2D eigenvalue weighted by molar-refractivity contribution is 0.868. The number of hydrogen-bond donors (Lipinski definition) is 1. The van der Waals surface area contributed by atoms with Crippen molar-refractivity contribution in [2.45, 2.75) is 33.1 Å². The van der Waals surface area contributed by atoms with Gasteiger partial charge in [-0.15, -0.1) is 0 Å². The molecule has 0 radical (unpaired) electrons. The maximum Gasteiger partial charge on any atom is 0.129 e. The molecule has 1 aromatic heterocycles. The zero-order valence-electron chi connectivity index (χ0n) is 11.0. The molecule has 0 fully saturated rings. The van der Waals surface area contributed by atoms with E-state index >= 15 is 0 Å². The standard InChI is InChI=1S/C15H20N2/c1-5-11-8-13-9-12(10(2)3)6-7-14(13)17-15(11)16-4/h6-10H,5H2,1-4H3,(H,16,17). The predicted molar refractivity (Wildman–Crippen MR) is 74.8 cm³/mol. The Bertz CT molecular complexity index is 530. The first-order valence-electron chi connectivity index (χ1n) is 6.27. The minimum atomic E-state index is 0.563. The monoisotopic (exact) mass is 228 g/mol. The third-order valence-electron chi connectivity index (χ3n) is 3.20. The topological polar surface area (TPSA) is 24.9 Å².